The van der Waals surface area contributed by atoms with Gasteiger partial charge >= 0.3 is 0 Å². The first-order valence-corrected chi connectivity index (χ1v) is 8.49. The number of rotatable bonds is 3. The first-order chi connectivity index (χ1) is 7.42. The fraction of sp³-hybridized carbons (Fsp3) is 1.00. The zero-order valence-corrected chi connectivity index (χ0v) is 11.3. The molecule has 1 saturated heterocycles. The van der Waals surface area contributed by atoms with Gasteiger partial charge in [0.05, 0.1) is 0 Å². The van der Waals surface area contributed by atoms with E-state index in [1.807, 2.05) is 0 Å². The molecule has 0 aromatic rings. The van der Waals surface area contributed by atoms with E-state index >= 15 is 0 Å². The van der Waals surface area contributed by atoms with Gasteiger partial charge < -0.3 is 5.32 Å². The Bertz CT molecular complexity index is 156. The summed E-state index contributed by atoms with van der Waals surface area (Å²) in [6.07, 6.45) is 7.33. The first-order valence-electron chi connectivity index (χ1n) is 6.28. The predicted molar refractivity (Wildman–Crippen MR) is 73.0 cm³/mol. The molecule has 2 rings (SSSR count). The molecule has 1 heterocycles. The second-order valence-electron chi connectivity index (χ2n) is 4.70. The molecule has 0 aromatic carbocycles. The van der Waals surface area contributed by atoms with Crippen molar-refractivity contribution in [2.24, 2.45) is 5.92 Å². The first kappa shape index (κ1) is 12.1. The maximum absolute atomic E-state index is 3.61. The summed E-state index contributed by atoms with van der Waals surface area (Å²) in [5.41, 5.74) is 0. The van der Waals surface area contributed by atoms with Gasteiger partial charge in [0.25, 0.3) is 0 Å². The maximum atomic E-state index is 3.61. The zero-order chi connectivity index (χ0) is 10.5. The van der Waals surface area contributed by atoms with E-state index in [0.29, 0.717) is 0 Å². The van der Waals surface area contributed by atoms with Crippen molar-refractivity contribution in [3.63, 3.8) is 0 Å². The van der Waals surface area contributed by atoms with Crippen LogP contribution in [0.25, 0.3) is 0 Å². The molecule has 88 valence electrons. The highest BCUT2D eigenvalue weighted by molar-refractivity contribution is 8.06. The molecule has 3 heteroatoms. The Morgan fingerprint density at radius 3 is 2.53 bits per heavy atom. The Balaban J connectivity index is 1.88. The third-order valence-electron chi connectivity index (χ3n) is 3.73. The zero-order valence-electron chi connectivity index (χ0n) is 9.71. The van der Waals surface area contributed by atoms with Gasteiger partial charge in [-0.05, 0) is 25.8 Å². The van der Waals surface area contributed by atoms with Gasteiger partial charge in [0.1, 0.15) is 0 Å². The minimum Gasteiger partial charge on any atom is -0.316 e. The van der Waals surface area contributed by atoms with Gasteiger partial charge in [0.2, 0.25) is 0 Å². The molecule has 1 N–H and O–H groups in total. The van der Waals surface area contributed by atoms with Crippen molar-refractivity contribution in [2.45, 2.75) is 43.4 Å². The fourth-order valence-corrected chi connectivity index (χ4v) is 5.94. The lowest BCUT2D eigenvalue weighted by Crippen LogP contribution is -2.45. The van der Waals surface area contributed by atoms with Crippen molar-refractivity contribution >= 4 is 23.5 Å². The summed E-state index contributed by atoms with van der Waals surface area (Å²) in [4.78, 5) is 0. The van der Waals surface area contributed by atoms with E-state index in [1.54, 1.807) is 0 Å². The van der Waals surface area contributed by atoms with Gasteiger partial charge in [-0.2, -0.15) is 23.5 Å². The summed E-state index contributed by atoms with van der Waals surface area (Å²) >= 11 is 4.36. The van der Waals surface area contributed by atoms with Gasteiger partial charge in [-0.1, -0.05) is 19.3 Å². The van der Waals surface area contributed by atoms with E-state index in [2.05, 4.69) is 35.9 Å². The van der Waals surface area contributed by atoms with Crippen LogP contribution in [0.15, 0.2) is 0 Å². The molecule has 15 heavy (non-hydrogen) atoms. The molecule has 1 nitrogen and oxygen atoms in total. The number of hydrogen-bond donors (Lipinski definition) is 1. The fourth-order valence-electron chi connectivity index (χ4n) is 2.93. The molecule has 0 amide bonds. The molecule has 1 aliphatic carbocycles. The van der Waals surface area contributed by atoms with Crippen molar-refractivity contribution in [3.05, 3.63) is 0 Å². The van der Waals surface area contributed by atoms with E-state index in [4.69, 9.17) is 0 Å². The smallest absolute Gasteiger partial charge is 0.0294 e. The van der Waals surface area contributed by atoms with Gasteiger partial charge in [-0.3, -0.25) is 0 Å². The van der Waals surface area contributed by atoms with Crippen LogP contribution in [0.2, 0.25) is 0 Å². The number of hydrogen-bond acceptors (Lipinski definition) is 3. The van der Waals surface area contributed by atoms with Crippen LogP contribution in [0, 0.1) is 5.92 Å². The van der Waals surface area contributed by atoms with Crippen LogP contribution in [0.3, 0.4) is 0 Å². The molecule has 0 spiro atoms. The lowest BCUT2D eigenvalue weighted by Gasteiger charge is -2.37. The van der Waals surface area contributed by atoms with Crippen LogP contribution in [-0.2, 0) is 0 Å². The average Bonchev–Trinajstić information content (AvgIpc) is 2.33. The second-order valence-corrected chi connectivity index (χ2v) is 7.19. The van der Waals surface area contributed by atoms with Gasteiger partial charge in [-0.15, -0.1) is 0 Å². The third-order valence-corrected chi connectivity index (χ3v) is 6.62. The minimum atomic E-state index is 0.781. The topological polar surface area (TPSA) is 12.0 Å². The number of nitrogens with one attached hydrogen (secondary N) is 1. The van der Waals surface area contributed by atoms with E-state index in [0.717, 1.165) is 17.2 Å². The van der Waals surface area contributed by atoms with E-state index < -0.39 is 0 Å². The summed E-state index contributed by atoms with van der Waals surface area (Å²) < 4.78 is 0. The van der Waals surface area contributed by atoms with E-state index in [-0.39, 0.29) is 0 Å². The van der Waals surface area contributed by atoms with Crippen molar-refractivity contribution in [3.8, 4) is 0 Å². The van der Waals surface area contributed by atoms with Crippen LogP contribution in [0.5, 0.6) is 0 Å². The van der Waals surface area contributed by atoms with Crippen LogP contribution in [0.4, 0.5) is 0 Å². The summed E-state index contributed by atoms with van der Waals surface area (Å²) in [5.74, 6) is 5.05. The highest BCUT2D eigenvalue weighted by Crippen LogP contribution is 2.34. The highest BCUT2D eigenvalue weighted by atomic mass is 32.2. The molecular weight excluding hydrogens is 222 g/mol. The SMILES string of the molecule is CNC(C1CCCCC1)C1CSCCS1. The second kappa shape index (κ2) is 6.41. The molecule has 1 aliphatic heterocycles. The Morgan fingerprint density at radius 1 is 1.13 bits per heavy atom. The molecule has 2 atom stereocenters. The molecular formula is C12H23NS2. The molecule has 0 radical (unpaired) electrons. The third kappa shape index (κ3) is 3.31. The molecule has 2 unspecified atom stereocenters. The van der Waals surface area contributed by atoms with Gasteiger partial charge in [-0.25, -0.2) is 0 Å². The predicted octanol–water partition coefficient (Wildman–Crippen LogP) is 3.00. The lowest BCUT2D eigenvalue weighted by molar-refractivity contribution is 0.278. The van der Waals surface area contributed by atoms with Crippen molar-refractivity contribution in [1.29, 1.82) is 0 Å². The molecule has 1 saturated carbocycles. The molecule has 2 aliphatic rings. The minimum absolute atomic E-state index is 0.781. The summed E-state index contributed by atoms with van der Waals surface area (Å²) in [6, 6.07) is 0.781. The Labute approximate surface area is 103 Å². The number of thioether (sulfide) groups is 2. The quantitative estimate of drug-likeness (QED) is 0.821. The maximum Gasteiger partial charge on any atom is 0.0294 e. The molecule has 0 aromatic heterocycles. The van der Waals surface area contributed by atoms with Crippen LogP contribution in [0.1, 0.15) is 32.1 Å². The van der Waals surface area contributed by atoms with Gasteiger partial charge in [0.15, 0.2) is 0 Å². The molecule has 2 fully saturated rings. The van der Waals surface area contributed by atoms with E-state index in [1.165, 1.54) is 49.4 Å². The van der Waals surface area contributed by atoms with E-state index in [9.17, 15) is 0 Å². The summed E-state index contributed by atoms with van der Waals surface area (Å²) in [7, 11) is 2.17. The van der Waals surface area contributed by atoms with Crippen LogP contribution in [-0.4, -0.2) is 35.6 Å². The van der Waals surface area contributed by atoms with Crippen molar-refractivity contribution < 1.29 is 0 Å². The van der Waals surface area contributed by atoms with Crippen LogP contribution < -0.4 is 5.32 Å². The lowest BCUT2D eigenvalue weighted by atomic mass is 9.83. The standard InChI is InChI=1S/C12H23NS2/c1-13-12(10-5-3-2-4-6-10)11-9-14-7-8-15-11/h10-13H,2-9H2,1H3. The Kier molecular flexibility index (Phi) is 5.18. The Morgan fingerprint density at radius 2 is 1.93 bits per heavy atom. The summed E-state index contributed by atoms with van der Waals surface area (Å²) in [5, 5.41) is 4.48. The normalized spacial score (nSPS) is 31.4. The van der Waals surface area contributed by atoms with Crippen LogP contribution >= 0.6 is 23.5 Å². The highest BCUT2D eigenvalue weighted by Gasteiger charge is 2.30. The monoisotopic (exact) mass is 245 g/mol. The largest absolute Gasteiger partial charge is 0.316 e. The molecule has 0 bridgehead atoms. The van der Waals surface area contributed by atoms with Crippen molar-refractivity contribution in [2.75, 3.05) is 24.3 Å². The van der Waals surface area contributed by atoms with Gasteiger partial charge in [0, 0.05) is 28.6 Å². The summed E-state index contributed by atoms with van der Waals surface area (Å²) in [6.45, 7) is 0. The Hall–Kier alpha value is 0.660. The van der Waals surface area contributed by atoms with Crippen molar-refractivity contribution in [1.82, 2.24) is 5.32 Å². The average molecular weight is 245 g/mol.